The van der Waals surface area contributed by atoms with E-state index >= 15 is 0 Å². The van der Waals surface area contributed by atoms with Gasteiger partial charge in [-0.05, 0) is 82.6 Å². The maximum absolute atomic E-state index is 5.34. The molecule has 7 aromatic carbocycles. The zero-order valence-corrected chi connectivity index (χ0v) is 34.0. The van der Waals surface area contributed by atoms with Crippen LogP contribution in [0, 0.1) is 0 Å². The van der Waals surface area contributed by atoms with Crippen molar-refractivity contribution in [2.45, 2.75) is 52.4 Å². The van der Waals surface area contributed by atoms with Crippen LogP contribution >= 0.6 is 0 Å². The molecular formula is C54H46N4. The van der Waals surface area contributed by atoms with Crippen LogP contribution in [0.3, 0.4) is 0 Å². The zero-order chi connectivity index (χ0) is 39.8. The van der Waals surface area contributed by atoms with Crippen molar-refractivity contribution in [3.8, 4) is 45.3 Å². The summed E-state index contributed by atoms with van der Waals surface area (Å²) in [4.78, 5) is 10.5. The number of fused-ring (bicyclic) bond motifs is 6. The number of benzene rings is 7. The fourth-order valence-corrected chi connectivity index (χ4v) is 8.50. The van der Waals surface area contributed by atoms with Gasteiger partial charge >= 0.3 is 0 Å². The minimum atomic E-state index is 0.0216. The van der Waals surface area contributed by atoms with Gasteiger partial charge in [0.2, 0.25) is 0 Å². The van der Waals surface area contributed by atoms with E-state index in [1.165, 1.54) is 54.7 Å². The molecule has 10 rings (SSSR count). The van der Waals surface area contributed by atoms with Crippen LogP contribution in [0.15, 0.2) is 170 Å². The highest BCUT2D eigenvalue weighted by atomic mass is 15.0. The van der Waals surface area contributed by atoms with Crippen molar-refractivity contribution in [1.82, 2.24) is 19.1 Å². The highest BCUT2D eigenvalue weighted by molar-refractivity contribution is 6.11. The van der Waals surface area contributed by atoms with Crippen LogP contribution in [0.1, 0.15) is 52.7 Å². The van der Waals surface area contributed by atoms with Gasteiger partial charge in [0, 0.05) is 49.6 Å². The molecule has 3 aromatic heterocycles. The van der Waals surface area contributed by atoms with Gasteiger partial charge in [-0.15, -0.1) is 0 Å². The third kappa shape index (κ3) is 6.08. The highest BCUT2D eigenvalue weighted by Gasteiger charge is 2.22. The number of nitrogens with zero attached hydrogens (tertiary/aromatic N) is 4. The van der Waals surface area contributed by atoms with Gasteiger partial charge in [0.15, 0.2) is 5.82 Å². The van der Waals surface area contributed by atoms with Crippen molar-refractivity contribution in [2.75, 3.05) is 0 Å². The predicted octanol–water partition coefficient (Wildman–Crippen LogP) is 14.3. The number of aromatic nitrogens is 4. The zero-order valence-electron chi connectivity index (χ0n) is 34.0. The molecular weight excluding hydrogens is 705 g/mol. The van der Waals surface area contributed by atoms with E-state index in [1.807, 2.05) is 24.3 Å². The number of rotatable bonds is 5. The maximum atomic E-state index is 5.34. The van der Waals surface area contributed by atoms with Crippen LogP contribution < -0.4 is 0 Å². The Labute approximate surface area is 340 Å². The van der Waals surface area contributed by atoms with E-state index in [0.717, 1.165) is 39.5 Å². The van der Waals surface area contributed by atoms with Crippen LogP contribution in [0.25, 0.3) is 88.9 Å². The molecule has 0 spiro atoms. The first-order valence-corrected chi connectivity index (χ1v) is 20.2. The summed E-state index contributed by atoms with van der Waals surface area (Å²) in [6.45, 7) is 13.7. The average molecular weight is 751 g/mol. The van der Waals surface area contributed by atoms with Gasteiger partial charge in [0.1, 0.15) is 0 Å². The third-order valence-corrected chi connectivity index (χ3v) is 11.6. The van der Waals surface area contributed by atoms with E-state index < -0.39 is 0 Å². The normalized spacial score (nSPS) is 12.3. The Kier molecular flexibility index (Phi) is 8.24. The molecule has 4 nitrogen and oxygen atoms in total. The molecule has 0 N–H and O–H groups in total. The van der Waals surface area contributed by atoms with Crippen molar-refractivity contribution >= 4 is 43.6 Å². The smallest absolute Gasteiger partial charge is 0.160 e. The lowest BCUT2D eigenvalue weighted by Crippen LogP contribution is -2.10. The second-order valence-corrected chi connectivity index (χ2v) is 17.6. The molecule has 0 atom stereocenters. The lowest BCUT2D eigenvalue weighted by Gasteiger charge is -2.20. The van der Waals surface area contributed by atoms with Crippen LogP contribution in [0.4, 0.5) is 0 Å². The van der Waals surface area contributed by atoms with Gasteiger partial charge in [-0.3, -0.25) is 0 Å². The van der Waals surface area contributed by atoms with Crippen LogP contribution in [0.5, 0.6) is 0 Å². The molecule has 0 saturated carbocycles. The molecule has 282 valence electrons. The van der Waals surface area contributed by atoms with Crippen LogP contribution in [-0.4, -0.2) is 19.1 Å². The molecule has 0 aliphatic rings. The second kappa shape index (κ2) is 13.4. The van der Waals surface area contributed by atoms with E-state index in [1.54, 1.807) is 0 Å². The molecule has 0 aliphatic heterocycles. The standard InChI is InChI=1S/C54H46N4/c1-53(2,3)38-25-27-50-44(31-38)42-21-13-15-23-48(42)57(50)40-29-37(47-34-46(35-17-9-7-10-18-35)55-52(56-47)36-19-11-8-12-20-36)30-41(33-40)58-49-24-16-14-22-43(49)45-32-39(54(4,5)6)26-28-51(45)58/h7-34H,1-6H3. The molecule has 0 bridgehead atoms. The summed E-state index contributed by atoms with van der Waals surface area (Å²) in [6, 6.07) is 61.5. The lowest BCUT2D eigenvalue weighted by atomic mass is 9.86. The molecule has 0 amide bonds. The molecule has 0 radical (unpaired) electrons. The Hall–Kier alpha value is -6.78. The summed E-state index contributed by atoms with van der Waals surface area (Å²) in [5.41, 5.74) is 14.3. The van der Waals surface area contributed by atoms with Crippen LogP contribution in [0.2, 0.25) is 0 Å². The summed E-state index contributed by atoms with van der Waals surface area (Å²) in [5, 5.41) is 4.98. The lowest BCUT2D eigenvalue weighted by molar-refractivity contribution is 0.591. The van der Waals surface area contributed by atoms with Gasteiger partial charge < -0.3 is 9.13 Å². The Bertz CT molecular complexity index is 2960. The van der Waals surface area contributed by atoms with Crippen molar-refractivity contribution in [1.29, 1.82) is 0 Å². The largest absolute Gasteiger partial charge is 0.309 e. The first-order chi connectivity index (χ1) is 28.0. The fraction of sp³-hybridized carbons (Fsp3) is 0.148. The van der Waals surface area contributed by atoms with Crippen molar-refractivity contribution in [3.05, 3.63) is 181 Å². The minimum Gasteiger partial charge on any atom is -0.309 e. The molecule has 3 heterocycles. The second-order valence-electron chi connectivity index (χ2n) is 17.6. The summed E-state index contributed by atoms with van der Waals surface area (Å²) >= 11 is 0. The first kappa shape index (κ1) is 35.6. The summed E-state index contributed by atoms with van der Waals surface area (Å²) < 4.78 is 4.88. The van der Waals surface area contributed by atoms with Gasteiger partial charge in [-0.1, -0.05) is 151 Å². The number of para-hydroxylation sites is 2. The first-order valence-electron chi connectivity index (χ1n) is 20.2. The highest BCUT2D eigenvalue weighted by Crippen LogP contribution is 2.40. The van der Waals surface area contributed by atoms with E-state index in [-0.39, 0.29) is 10.8 Å². The molecule has 4 heteroatoms. The molecule has 0 aliphatic carbocycles. The molecule has 0 unspecified atom stereocenters. The fourth-order valence-electron chi connectivity index (χ4n) is 8.50. The Morgan fingerprint density at radius 1 is 0.345 bits per heavy atom. The van der Waals surface area contributed by atoms with Crippen molar-refractivity contribution in [2.24, 2.45) is 0 Å². The Morgan fingerprint density at radius 3 is 1.24 bits per heavy atom. The van der Waals surface area contributed by atoms with E-state index in [4.69, 9.17) is 9.97 Å². The Balaban J connectivity index is 1.31. The quantitative estimate of drug-likeness (QED) is 0.176. The molecule has 0 saturated heterocycles. The average Bonchev–Trinajstić information content (AvgIpc) is 3.76. The van der Waals surface area contributed by atoms with E-state index in [2.05, 4.69) is 196 Å². The monoisotopic (exact) mass is 750 g/mol. The molecule has 0 fully saturated rings. The third-order valence-electron chi connectivity index (χ3n) is 11.6. The van der Waals surface area contributed by atoms with Crippen molar-refractivity contribution < 1.29 is 0 Å². The summed E-state index contributed by atoms with van der Waals surface area (Å²) in [5.74, 6) is 0.696. The van der Waals surface area contributed by atoms with Crippen LogP contribution in [-0.2, 0) is 10.8 Å². The predicted molar refractivity (Wildman–Crippen MR) is 244 cm³/mol. The number of hydrogen-bond donors (Lipinski definition) is 0. The maximum Gasteiger partial charge on any atom is 0.160 e. The van der Waals surface area contributed by atoms with Gasteiger partial charge in [-0.25, -0.2) is 9.97 Å². The van der Waals surface area contributed by atoms with Crippen molar-refractivity contribution in [3.63, 3.8) is 0 Å². The topological polar surface area (TPSA) is 35.6 Å². The summed E-state index contributed by atoms with van der Waals surface area (Å²) in [6.07, 6.45) is 0. The minimum absolute atomic E-state index is 0.0216. The number of hydrogen-bond acceptors (Lipinski definition) is 2. The van der Waals surface area contributed by atoms with E-state index in [0.29, 0.717) is 5.82 Å². The van der Waals surface area contributed by atoms with Gasteiger partial charge in [-0.2, -0.15) is 0 Å². The molecule has 10 aromatic rings. The van der Waals surface area contributed by atoms with Gasteiger partial charge in [0.25, 0.3) is 0 Å². The van der Waals surface area contributed by atoms with E-state index in [9.17, 15) is 0 Å². The summed E-state index contributed by atoms with van der Waals surface area (Å²) in [7, 11) is 0. The van der Waals surface area contributed by atoms with Gasteiger partial charge in [0.05, 0.1) is 33.5 Å². The Morgan fingerprint density at radius 2 is 0.759 bits per heavy atom. The SMILES string of the molecule is CC(C)(C)c1ccc2c(c1)c1ccccc1n2-c1cc(-c2cc(-c3ccccc3)nc(-c3ccccc3)n2)cc(-n2c3ccccc3c3cc(C(C)(C)C)ccc32)c1. The molecule has 58 heavy (non-hydrogen) atoms.